The number of hydrogen-bond acceptors (Lipinski definition) is 4. The van der Waals surface area contributed by atoms with E-state index in [2.05, 4.69) is 9.98 Å². The molecule has 0 N–H and O–H groups in total. The fourth-order valence-electron chi connectivity index (χ4n) is 1.42. The molecule has 1 heterocycles. The molecular weight excluding hydrogens is 230 g/mol. The summed E-state index contributed by atoms with van der Waals surface area (Å²) in [6.45, 7) is 0.498. The van der Waals surface area contributed by atoms with Crippen LogP contribution in [0.25, 0.3) is 0 Å². The molecule has 1 aromatic carbocycles. The Balaban J connectivity index is 1.99. The van der Waals surface area contributed by atoms with Gasteiger partial charge in [-0.3, -0.25) is 20.1 Å². The highest BCUT2D eigenvalue weighted by atomic mass is 16.6. The number of nitro benzene ring substituents is 1. The topological polar surface area (TPSA) is 68.4 Å². The number of rotatable bonds is 4. The molecule has 0 bridgehead atoms. The lowest BCUT2D eigenvalue weighted by atomic mass is 10.2. The summed E-state index contributed by atoms with van der Waals surface area (Å²) in [7, 11) is 0. The molecule has 2 rings (SSSR count). The summed E-state index contributed by atoms with van der Waals surface area (Å²) in [5.41, 5.74) is 1.80. The zero-order chi connectivity index (χ0) is 12.8. The van der Waals surface area contributed by atoms with Gasteiger partial charge in [0.15, 0.2) is 0 Å². The molecule has 1 aromatic heterocycles. The van der Waals surface area contributed by atoms with Gasteiger partial charge in [0.2, 0.25) is 0 Å². The molecule has 0 aliphatic heterocycles. The van der Waals surface area contributed by atoms with Gasteiger partial charge in [-0.15, -0.1) is 0 Å². The Morgan fingerprint density at radius 1 is 1.22 bits per heavy atom. The van der Waals surface area contributed by atoms with Crippen LogP contribution in [0.1, 0.15) is 11.3 Å². The number of pyridine rings is 1. The third-order valence-corrected chi connectivity index (χ3v) is 2.32. The Morgan fingerprint density at radius 3 is 2.61 bits per heavy atom. The minimum Gasteiger partial charge on any atom is -0.286 e. The van der Waals surface area contributed by atoms with Crippen molar-refractivity contribution in [1.82, 2.24) is 4.98 Å². The number of nitrogens with zero attached hydrogens (tertiary/aromatic N) is 3. The van der Waals surface area contributed by atoms with E-state index in [9.17, 15) is 10.1 Å². The van der Waals surface area contributed by atoms with Crippen molar-refractivity contribution in [3.8, 4) is 0 Å². The molecule has 18 heavy (non-hydrogen) atoms. The first-order valence-corrected chi connectivity index (χ1v) is 5.40. The average Bonchev–Trinajstić information content (AvgIpc) is 2.40. The Bertz CT molecular complexity index is 550. The predicted molar refractivity (Wildman–Crippen MR) is 68.6 cm³/mol. The van der Waals surface area contributed by atoms with Crippen LogP contribution in [0.15, 0.2) is 53.7 Å². The minimum atomic E-state index is -0.422. The van der Waals surface area contributed by atoms with Gasteiger partial charge in [-0.1, -0.05) is 6.07 Å². The van der Waals surface area contributed by atoms with Crippen LogP contribution in [0, 0.1) is 10.1 Å². The van der Waals surface area contributed by atoms with E-state index in [0.29, 0.717) is 6.54 Å². The van der Waals surface area contributed by atoms with Crippen molar-refractivity contribution in [3.63, 3.8) is 0 Å². The SMILES string of the molecule is O=[N+]([O-])c1ccc(C=NCc2ccccn2)cc1. The van der Waals surface area contributed by atoms with Gasteiger partial charge < -0.3 is 0 Å². The van der Waals surface area contributed by atoms with Gasteiger partial charge >= 0.3 is 0 Å². The molecule has 5 heteroatoms. The van der Waals surface area contributed by atoms with Crippen LogP contribution in [0.5, 0.6) is 0 Å². The number of non-ortho nitro benzene ring substituents is 1. The van der Waals surface area contributed by atoms with Gasteiger partial charge in [-0.25, -0.2) is 0 Å². The molecule has 2 aromatic rings. The van der Waals surface area contributed by atoms with Crippen LogP contribution in [0.4, 0.5) is 5.69 Å². The van der Waals surface area contributed by atoms with Gasteiger partial charge in [0, 0.05) is 24.5 Å². The normalized spacial score (nSPS) is 10.7. The second kappa shape index (κ2) is 5.67. The number of hydrogen-bond donors (Lipinski definition) is 0. The first-order chi connectivity index (χ1) is 8.75. The zero-order valence-corrected chi connectivity index (χ0v) is 9.56. The largest absolute Gasteiger partial charge is 0.286 e. The molecule has 0 amide bonds. The van der Waals surface area contributed by atoms with E-state index >= 15 is 0 Å². The standard InChI is InChI=1S/C13H11N3O2/c17-16(18)13-6-4-11(5-7-13)9-14-10-12-3-1-2-8-15-12/h1-9H,10H2. The van der Waals surface area contributed by atoms with Crippen LogP contribution in [0.2, 0.25) is 0 Å². The molecule has 0 saturated carbocycles. The summed E-state index contributed by atoms with van der Waals surface area (Å²) >= 11 is 0. The highest BCUT2D eigenvalue weighted by molar-refractivity contribution is 5.79. The number of aliphatic imine (C=N–C) groups is 1. The second-order valence-electron chi connectivity index (χ2n) is 3.64. The van der Waals surface area contributed by atoms with E-state index in [1.807, 2.05) is 18.2 Å². The van der Waals surface area contributed by atoms with E-state index in [1.54, 1.807) is 24.5 Å². The van der Waals surface area contributed by atoms with Crippen molar-refractivity contribution in [1.29, 1.82) is 0 Å². The molecule has 0 saturated heterocycles. The molecule has 5 nitrogen and oxygen atoms in total. The first-order valence-electron chi connectivity index (χ1n) is 5.40. The van der Waals surface area contributed by atoms with Crippen molar-refractivity contribution in [2.24, 2.45) is 4.99 Å². The third-order valence-electron chi connectivity index (χ3n) is 2.32. The van der Waals surface area contributed by atoms with E-state index < -0.39 is 4.92 Å². The molecule has 0 atom stereocenters. The average molecular weight is 241 g/mol. The summed E-state index contributed by atoms with van der Waals surface area (Å²) in [6, 6.07) is 11.9. The predicted octanol–water partition coefficient (Wildman–Crippen LogP) is 2.61. The smallest absolute Gasteiger partial charge is 0.269 e. The number of nitro groups is 1. The molecule has 0 unspecified atom stereocenters. The summed E-state index contributed by atoms with van der Waals surface area (Å²) in [4.78, 5) is 18.4. The Kier molecular flexibility index (Phi) is 3.76. The lowest BCUT2D eigenvalue weighted by Gasteiger charge is -1.95. The summed E-state index contributed by atoms with van der Waals surface area (Å²) in [6.07, 6.45) is 3.40. The van der Waals surface area contributed by atoms with Gasteiger partial charge in [-0.05, 0) is 29.8 Å². The lowest BCUT2D eigenvalue weighted by molar-refractivity contribution is -0.384. The van der Waals surface area contributed by atoms with Crippen LogP contribution >= 0.6 is 0 Å². The first kappa shape index (κ1) is 11.9. The molecular formula is C13H11N3O2. The Labute approximate surface area is 104 Å². The fraction of sp³-hybridized carbons (Fsp3) is 0.0769. The highest BCUT2D eigenvalue weighted by Crippen LogP contribution is 2.10. The van der Waals surface area contributed by atoms with E-state index in [1.165, 1.54) is 12.1 Å². The Hall–Kier alpha value is -2.56. The van der Waals surface area contributed by atoms with Crippen LogP contribution in [-0.4, -0.2) is 16.1 Å². The van der Waals surface area contributed by atoms with Crippen LogP contribution in [-0.2, 0) is 6.54 Å². The van der Waals surface area contributed by atoms with Crippen molar-refractivity contribution in [2.75, 3.05) is 0 Å². The van der Waals surface area contributed by atoms with Gasteiger partial charge in [0.25, 0.3) is 5.69 Å². The lowest BCUT2D eigenvalue weighted by Crippen LogP contribution is -1.89. The summed E-state index contributed by atoms with van der Waals surface area (Å²) in [5.74, 6) is 0. The quantitative estimate of drug-likeness (QED) is 0.469. The van der Waals surface area contributed by atoms with Gasteiger partial charge in [-0.2, -0.15) is 0 Å². The minimum absolute atomic E-state index is 0.0804. The van der Waals surface area contributed by atoms with Gasteiger partial charge in [0.05, 0.1) is 17.2 Å². The number of benzene rings is 1. The monoisotopic (exact) mass is 241 g/mol. The molecule has 0 aliphatic rings. The van der Waals surface area contributed by atoms with E-state index in [-0.39, 0.29) is 5.69 Å². The van der Waals surface area contributed by atoms with Crippen molar-refractivity contribution in [2.45, 2.75) is 6.54 Å². The van der Waals surface area contributed by atoms with Crippen LogP contribution < -0.4 is 0 Å². The zero-order valence-electron chi connectivity index (χ0n) is 9.56. The van der Waals surface area contributed by atoms with Crippen LogP contribution in [0.3, 0.4) is 0 Å². The maximum atomic E-state index is 10.5. The maximum Gasteiger partial charge on any atom is 0.269 e. The van der Waals surface area contributed by atoms with Crippen molar-refractivity contribution in [3.05, 3.63) is 70.0 Å². The van der Waals surface area contributed by atoms with Gasteiger partial charge in [0.1, 0.15) is 0 Å². The van der Waals surface area contributed by atoms with E-state index in [0.717, 1.165) is 11.3 Å². The summed E-state index contributed by atoms with van der Waals surface area (Å²) < 4.78 is 0. The molecule has 0 fully saturated rings. The summed E-state index contributed by atoms with van der Waals surface area (Å²) in [5, 5.41) is 10.5. The fourth-order valence-corrected chi connectivity index (χ4v) is 1.42. The van der Waals surface area contributed by atoms with Crippen molar-refractivity contribution < 1.29 is 4.92 Å². The molecule has 90 valence electrons. The molecule has 0 spiro atoms. The second-order valence-corrected chi connectivity index (χ2v) is 3.64. The molecule has 0 radical (unpaired) electrons. The third kappa shape index (κ3) is 3.21. The molecule has 0 aliphatic carbocycles. The highest BCUT2D eigenvalue weighted by Gasteiger charge is 2.02. The van der Waals surface area contributed by atoms with Crippen molar-refractivity contribution >= 4 is 11.9 Å². The Morgan fingerprint density at radius 2 is 2.00 bits per heavy atom. The van der Waals surface area contributed by atoms with E-state index in [4.69, 9.17) is 0 Å². The number of aromatic nitrogens is 1. The maximum absolute atomic E-state index is 10.5.